The average molecular weight is 240 g/mol. The molecule has 0 amide bonds. The molecule has 2 rings (SSSR count). The number of hydrogen-bond acceptors (Lipinski definition) is 1. The van der Waals surface area contributed by atoms with Crippen molar-refractivity contribution >= 4 is 0 Å². The van der Waals surface area contributed by atoms with Crippen molar-refractivity contribution in [3.05, 3.63) is 71.7 Å². The van der Waals surface area contributed by atoms with E-state index in [1.54, 1.807) is 0 Å². The highest BCUT2D eigenvalue weighted by atomic mass is 16.3. The molecule has 0 unspecified atom stereocenters. The van der Waals surface area contributed by atoms with Gasteiger partial charge in [0.2, 0.25) is 0 Å². The predicted octanol–water partition coefficient (Wildman–Crippen LogP) is 4.71. The topological polar surface area (TPSA) is 13.1 Å². The molecular weight excluding hydrogens is 220 g/mol. The van der Waals surface area contributed by atoms with E-state index < -0.39 is 0 Å². The van der Waals surface area contributed by atoms with Crippen molar-refractivity contribution < 1.29 is 4.42 Å². The lowest BCUT2D eigenvalue weighted by Crippen LogP contribution is -1.90. The van der Waals surface area contributed by atoms with Crippen molar-refractivity contribution in [2.75, 3.05) is 0 Å². The van der Waals surface area contributed by atoms with Gasteiger partial charge >= 0.3 is 0 Å². The minimum absolute atomic E-state index is 0.864. The summed E-state index contributed by atoms with van der Waals surface area (Å²) in [7, 11) is 0. The van der Waals surface area contributed by atoms with Crippen molar-refractivity contribution in [2.24, 2.45) is 0 Å². The van der Waals surface area contributed by atoms with Crippen LogP contribution in [-0.4, -0.2) is 0 Å². The molecule has 0 aliphatic heterocycles. The SMILES string of the molecule is C=C(CCCc1ccccc1)Cc1ccc(C)o1. The highest BCUT2D eigenvalue weighted by molar-refractivity contribution is 5.16. The fourth-order valence-corrected chi connectivity index (χ4v) is 2.10. The van der Waals surface area contributed by atoms with E-state index in [0.717, 1.165) is 37.2 Å². The van der Waals surface area contributed by atoms with E-state index >= 15 is 0 Å². The van der Waals surface area contributed by atoms with Gasteiger partial charge in [0.05, 0.1) is 0 Å². The molecule has 0 radical (unpaired) electrons. The van der Waals surface area contributed by atoms with Gasteiger partial charge in [0, 0.05) is 6.42 Å². The number of allylic oxidation sites excluding steroid dienone is 1. The largest absolute Gasteiger partial charge is 0.466 e. The zero-order valence-electron chi connectivity index (χ0n) is 11.0. The van der Waals surface area contributed by atoms with Crippen LogP contribution < -0.4 is 0 Å². The summed E-state index contributed by atoms with van der Waals surface area (Å²) in [5, 5.41) is 0. The summed E-state index contributed by atoms with van der Waals surface area (Å²) in [4.78, 5) is 0. The number of benzene rings is 1. The van der Waals surface area contributed by atoms with E-state index in [1.165, 1.54) is 11.1 Å². The van der Waals surface area contributed by atoms with Crippen molar-refractivity contribution in [3.63, 3.8) is 0 Å². The molecule has 1 nitrogen and oxygen atoms in total. The Bertz CT molecular complexity index is 493. The highest BCUT2D eigenvalue weighted by Gasteiger charge is 2.02. The summed E-state index contributed by atoms with van der Waals surface area (Å²) in [5.74, 6) is 2.00. The van der Waals surface area contributed by atoms with Crippen LogP contribution in [0.5, 0.6) is 0 Å². The molecule has 0 N–H and O–H groups in total. The monoisotopic (exact) mass is 240 g/mol. The smallest absolute Gasteiger partial charge is 0.108 e. The van der Waals surface area contributed by atoms with E-state index in [0.29, 0.717) is 0 Å². The molecule has 0 aliphatic carbocycles. The van der Waals surface area contributed by atoms with Crippen LogP contribution in [0.3, 0.4) is 0 Å². The van der Waals surface area contributed by atoms with Gasteiger partial charge in [0.1, 0.15) is 11.5 Å². The Balaban J connectivity index is 1.72. The van der Waals surface area contributed by atoms with Crippen molar-refractivity contribution in [2.45, 2.75) is 32.6 Å². The molecule has 0 saturated carbocycles. The second kappa shape index (κ2) is 6.25. The lowest BCUT2D eigenvalue weighted by molar-refractivity contribution is 0.489. The standard InChI is InChI=1S/C17H20O/c1-14(13-17-12-11-15(2)18-17)7-6-10-16-8-4-3-5-9-16/h3-5,8-9,11-12H,1,6-7,10,13H2,2H3. The number of rotatable bonds is 6. The Labute approximate surface area is 109 Å². The second-order valence-electron chi connectivity index (χ2n) is 4.78. The molecule has 2 aromatic rings. The summed E-state index contributed by atoms with van der Waals surface area (Å²) in [6.07, 6.45) is 4.21. The first-order valence-corrected chi connectivity index (χ1v) is 6.50. The van der Waals surface area contributed by atoms with Crippen LogP contribution in [0.1, 0.15) is 29.9 Å². The fraction of sp³-hybridized carbons (Fsp3) is 0.294. The first-order valence-electron chi connectivity index (χ1n) is 6.50. The summed E-state index contributed by atoms with van der Waals surface area (Å²) >= 11 is 0. The molecule has 1 aromatic carbocycles. The summed E-state index contributed by atoms with van der Waals surface area (Å²) in [5.41, 5.74) is 2.65. The van der Waals surface area contributed by atoms with Gasteiger partial charge in [0.15, 0.2) is 0 Å². The maximum absolute atomic E-state index is 5.56. The van der Waals surface area contributed by atoms with Crippen molar-refractivity contribution in [1.82, 2.24) is 0 Å². The quantitative estimate of drug-likeness (QED) is 0.666. The van der Waals surface area contributed by atoms with Gasteiger partial charge < -0.3 is 4.42 Å². The maximum Gasteiger partial charge on any atom is 0.108 e. The molecule has 1 heterocycles. The fourth-order valence-electron chi connectivity index (χ4n) is 2.10. The third-order valence-electron chi connectivity index (χ3n) is 3.06. The van der Waals surface area contributed by atoms with Crippen LogP contribution in [0.4, 0.5) is 0 Å². The van der Waals surface area contributed by atoms with Gasteiger partial charge in [-0.1, -0.05) is 42.5 Å². The zero-order valence-corrected chi connectivity index (χ0v) is 11.0. The molecule has 94 valence electrons. The molecule has 1 aromatic heterocycles. The Kier molecular flexibility index (Phi) is 4.40. The van der Waals surface area contributed by atoms with Crippen molar-refractivity contribution in [1.29, 1.82) is 0 Å². The first-order chi connectivity index (χ1) is 8.74. The number of furan rings is 1. The Morgan fingerprint density at radius 3 is 2.56 bits per heavy atom. The average Bonchev–Trinajstić information content (AvgIpc) is 2.76. The summed E-state index contributed by atoms with van der Waals surface area (Å²) in [6.45, 7) is 6.10. The normalized spacial score (nSPS) is 10.5. The number of hydrogen-bond donors (Lipinski definition) is 0. The van der Waals surface area contributed by atoms with E-state index in [4.69, 9.17) is 4.42 Å². The van der Waals surface area contributed by atoms with Crippen molar-refractivity contribution in [3.8, 4) is 0 Å². The van der Waals surface area contributed by atoms with Gasteiger partial charge in [-0.3, -0.25) is 0 Å². The van der Waals surface area contributed by atoms with Gasteiger partial charge in [0.25, 0.3) is 0 Å². The third-order valence-corrected chi connectivity index (χ3v) is 3.06. The van der Waals surface area contributed by atoms with Gasteiger partial charge in [-0.25, -0.2) is 0 Å². The lowest BCUT2D eigenvalue weighted by Gasteiger charge is -2.04. The first kappa shape index (κ1) is 12.7. The third kappa shape index (κ3) is 3.92. The molecule has 18 heavy (non-hydrogen) atoms. The van der Waals surface area contributed by atoms with Crippen LogP contribution in [0, 0.1) is 6.92 Å². The minimum atomic E-state index is 0.864. The number of aryl methyl sites for hydroxylation is 2. The molecule has 0 spiro atoms. The Morgan fingerprint density at radius 1 is 1.11 bits per heavy atom. The predicted molar refractivity (Wildman–Crippen MR) is 75.7 cm³/mol. The molecule has 0 fully saturated rings. The molecule has 0 saturated heterocycles. The molecule has 0 bridgehead atoms. The Morgan fingerprint density at radius 2 is 1.89 bits per heavy atom. The zero-order chi connectivity index (χ0) is 12.8. The van der Waals surface area contributed by atoms with E-state index in [-0.39, 0.29) is 0 Å². The van der Waals surface area contributed by atoms with E-state index in [9.17, 15) is 0 Å². The van der Waals surface area contributed by atoms with Gasteiger partial charge in [-0.05, 0) is 43.9 Å². The molecule has 1 heteroatoms. The van der Waals surface area contributed by atoms with Gasteiger partial charge in [-0.15, -0.1) is 0 Å². The maximum atomic E-state index is 5.56. The van der Waals surface area contributed by atoms with E-state index in [1.807, 2.05) is 19.1 Å². The highest BCUT2D eigenvalue weighted by Crippen LogP contribution is 2.15. The van der Waals surface area contributed by atoms with Crippen LogP contribution >= 0.6 is 0 Å². The Hall–Kier alpha value is -1.76. The summed E-state index contributed by atoms with van der Waals surface area (Å²) in [6, 6.07) is 14.6. The molecule has 0 atom stereocenters. The lowest BCUT2D eigenvalue weighted by atomic mass is 10.0. The van der Waals surface area contributed by atoms with Crippen LogP contribution in [0.2, 0.25) is 0 Å². The minimum Gasteiger partial charge on any atom is -0.466 e. The van der Waals surface area contributed by atoms with Crippen LogP contribution in [0.15, 0.2) is 59.0 Å². The van der Waals surface area contributed by atoms with Crippen LogP contribution in [0.25, 0.3) is 0 Å². The molecular formula is C17H20O. The van der Waals surface area contributed by atoms with Gasteiger partial charge in [-0.2, -0.15) is 0 Å². The molecule has 0 aliphatic rings. The summed E-state index contributed by atoms with van der Waals surface area (Å²) < 4.78 is 5.56. The van der Waals surface area contributed by atoms with Crippen LogP contribution in [-0.2, 0) is 12.8 Å². The second-order valence-corrected chi connectivity index (χ2v) is 4.78. The van der Waals surface area contributed by atoms with E-state index in [2.05, 4.69) is 36.9 Å².